The first-order chi connectivity index (χ1) is 12.9. The number of hydrogen-bond donors (Lipinski definition) is 2. The fourth-order valence-electron chi connectivity index (χ4n) is 1.96. The normalized spacial score (nSPS) is 10.1. The molecule has 0 radical (unpaired) electrons. The van der Waals surface area contributed by atoms with Crippen molar-refractivity contribution in [3.8, 4) is 0 Å². The molecule has 0 saturated heterocycles. The van der Waals surface area contributed by atoms with E-state index in [9.17, 15) is 24.5 Å². The summed E-state index contributed by atoms with van der Waals surface area (Å²) in [6, 6.07) is 6.46. The van der Waals surface area contributed by atoms with Gasteiger partial charge in [0.05, 0.1) is 17.7 Å². The van der Waals surface area contributed by atoms with E-state index < -0.39 is 35.1 Å². The Kier molecular flexibility index (Phi) is 6.94. The molecule has 2 rings (SSSR count). The number of amides is 3. The van der Waals surface area contributed by atoms with Gasteiger partial charge in [0.25, 0.3) is 11.6 Å². The van der Waals surface area contributed by atoms with E-state index in [-0.39, 0.29) is 12.1 Å². The summed E-state index contributed by atoms with van der Waals surface area (Å²) in [5.74, 6) is -1.43. The van der Waals surface area contributed by atoms with Crippen molar-refractivity contribution in [2.24, 2.45) is 0 Å². The third-order valence-corrected chi connectivity index (χ3v) is 3.94. The lowest BCUT2D eigenvalue weighted by Crippen LogP contribution is -2.41. The zero-order valence-electron chi connectivity index (χ0n) is 14.1. The van der Waals surface area contributed by atoms with Gasteiger partial charge in [-0.2, -0.15) is 0 Å². The van der Waals surface area contributed by atoms with E-state index in [2.05, 4.69) is 5.32 Å². The van der Waals surface area contributed by atoms with Crippen LogP contribution in [-0.2, 0) is 16.1 Å². The Balaban J connectivity index is 1.88. The summed E-state index contributed by atoms with van der Waals surface area (Å²) >= 11 is 1.29. The average Bonchev–Trinajstić information content (AvgIpc) is 3.17. The quantitative estimate of drug-likeness (QED) is 0.315. The van der Waals surface area contributed by atoms with Crippen molar-refractivity contribution in [3.05, 3.63) is 58.0 Å². The maximum Gasteiger partial charge on any atom is 0.345 e. The van der Waals surface area contributed by atoms with Crippen LogP contribution in [-0.4, -0.2) is 35.7 Å². The molecule has 0 saturated carbocycles. The molecule has 0 unspecified atom stereocenters. The predicted octanol–water partition coefficient (Wildman–Crippen LogP) is 2.09. The third kappa shape index (κ3) is 5.85. The highest BCUT2D eigenvalue weighted by Gasteiger charge is 2.23. The van der Waals surface area contributed by atoms with Gasteiger partial charge in [-0.05, 0) is 30.5 Å². The fraction of sp³-hybridized carbons (Fsp3) is 0.188. The van der Waals surface area contributed by atoms with E-state index in [1.807, 2.05) is 5.32 Å². The number of nitro benzene ring substituents is 1. The molecule has 0 bridgehead atoms. The van der Waals surface area contributed by atoms with Crippen LogP contribution in [0.1, 0.15) is 16.1 Å². The molecule has 1 aromatic heterocycles. The monoisotopic (exact) mass is 393 g/mol. The van der Waals surface area contributed by atoms with Crippen LogP contribution in [0.5, 0.6) is 0 Å². The Morgan fingerprint density at radius 2 is 2.07 bits per heavy atom. The average molecular weight is 393 g/mol. The molecule has 142 valence electrons. The Labute approximate surface area is 157 Å². The number of rotatable bonds is 7. The molecule has 27 heavy (non-hydrogen) atoms. The molecule has 0 fully saturated rings. The number of carbonyl (C=O) groups excluding carboxylic acids is 3. The molecule has 0 aliphatic heterocycles. The van der Waals surface area contributed by atoms with Gasteiger partial charge in [-0.1, -0.05) is 0 Å². The lowest BCUT2D eigenvalue weighted by molar-refractivity contribution is -0.385. The SMILES string of the molecule is CSc1ccc([N+](=O)[O-])c(C(=O)OCC(=O)NC(=O)NCc2ccco2)c1. The highest BCUT2D eigenvalue weighted by molar-refractivity contribution is 7.98. The summed E-state index contributed by atoms with van der Waals surface area (Å²) in [6.07, 6.45) is 3.18. The molecule has 1 aromatic carbocycles. The zero-order valence-corrected chi connectivity index (χ0v) is 14.9. The van der Waals surface area contributed by atoms with E-state index in [1.54, 1.807) is 18.4 Å². The van der Waals surface area contributed by atoms with Gasteiger partial charge in [-0.25, -0.2) is 9.59 Å². The number of carbonyl (C=O) groups is 3. The summed E-state index contributed by atoms with van der Waals surface area (Å²) in [5.41, 5.74) is -0.712. The number of nitrogens with one attached hydrogen (secondary N) is 2. The van der Waals surface area contributed by atoms with Crippen molar-refractivity contribution in [2.45, 2.75) is 11.4 Å². The molecule has 2 N–H and O–H groups in total. The number of thioether (sulfide) groups is 1. The lowest BCUT2D eigenvalue weighted by atomic mass is 10.2. The molecule has 2 aromatic rings. The molecular weight excluding hydrogens is 378 g/mol. The maximum absolute atomic E-state index is 12.1. The number of imide groups is 1. The largest absolute Gasteiger partial charge is 0.467 e. The van der Waals surface area contributed by atoms with E-state index in [0.717, 1.165) is 0 Å². The number of urea groups is 1. The Bertz CT molecular complexity index is 852. The van der Waals surface area contributed by atoms with Gasteiger partial charge in [-0.3, -0.25) is 20.2 Å². The Morgan fingerprint density at radius 3 is 2.70 bits per heavy atom. The number of nitrogens with zero attached hydrogens (tertiary/aromatic N) is 1. The standard InChI is InChI=1S/C16H15N3O7S/c1-27-11-4-5-13(19(23)24)12(7-11)15(21)26-9-14(20)18-16(22)17-8-10-3-2-6-25-10/h2-7H,8-9H2,1H3,(H2,17,18,20,22). The second kappa shape index (κ2) is 9.38. The van der Waals surface area contributed by atoms with Crippen molar-refractivity contribution in [2.75, 3.05) is 12.9 Å². The highest BCUT2D eigenvalue weighted by Crippen LogP contribution is 2.25. The highest BCUT2D eigenvalue weighted by atomic mass is 32.2. The number of benzene rings is 1. The van der Waals surface area contributed by atoms with Gasteiger partial charge in [0.2, 0.25) is 0 Å². The summed E-state index contributed by atoms with van der Waals surface area (Å²) in [7, 11) is 0. The number of hydrogen-bond acceptors (Lipinski definition) is 8. The van der Waals surface area contributed by atoms with Gasteiger partial charge >= 0.3 is 12.0 Å². The van der Waals surface area contributed by atoms with Gasteiger partial charge in [0.1, 0.15) is 11.3 Å². The predicted molar refractivity (Wildman–Crippen MR) is 94.2 cm³/mol. The summed E-state index contributed by atoms with van der Waals surface area (Å²) in [6.45, 7) is -0.701. The Hall–Kier alpha value is -3.34. The first-order valence-corrected chi connectivity index (χ1v) is 8.72. The van der Waals surface area contributed by atoms with Gasteiger partial charge in [0.15, 0.2) is 6.61 Å². The van der Waals surface area contributed by atoms with Crippen LogP contribution < -0.4 is 10.6 Å². The summed E-state index contributed by atoms with van der Waals surface area (Å²) in [5, 5.41) is 15.4. The second-order valence-electron chi connectivity index (χ2n) is 5.03. The van der Waals surface area contributed by atoms with Crippen molar-refractivity contribution in [1.29, 1.82) is 0 Å². The molecule has 0 atom stereocenters. The minimum absolute atomic E-state index is 0.0690. The molecule has 0 spiro atoms. The van der Waals surface area contributed by atoms with E-state index in [1.165, 1.54) is 36.2 Å². The molecule has 10 nitrogen and oxygen atoms in total. The molecule has 0 aliphatic rings. The van der Waals surface area contributed by atoms with Crippen molar-refractivity contribution in [3.63, 3.8) is 0 Å². The Morgan fingerprint density at radius 1 is 1.30 bits per heavy atom. The van der Waals surface area contributed by atoms with Gasteiger partial charge in [-0.15, -0.1) is 11.8 Å². The minimum atomic E-state index is -1.04. The zero-order chi connectivity index (χ0) is 19.8. The first kappa shape index (κ1) is 20.0. The lowest BCUT2D eigenvalue weighted by Gasteiger charge is -2.08. The number of furan rings is 1. The van der Waals surface area contributed by atoms with Gasteiger partial charge in [0, 0.05) is 11.0 Å². The van der Waals surface area contributed by atoms with Crippen LogP contribution in [0.15, 0.2) is 45.9 Å². The van der Waals surface area contributed by atoms with Gasteiger partial charge < -0.3 is 14.5 Å². The molecule has 0 aliphatic carbocycles. The fourth-order valence-corrected chi connectivity index (χ4v) is 2.40. The number of esters is 1. The van der Waals surface area contributed by atoms with Crippen LogP contribution in [0.2, 0.25) is 0 Å². The molecular formula is C16H15N3O7S. The number of nitro groups is 1. The van der Waals surface area contributed by atoms with Crippen LogP contribution in [0.3, 0.4) is 0 Å². The molecule has 1 heterocycles. The smallest absolute Gasteiger partial charge is 0.345 e. The van der Waals surface area contributed by atoms with Crippen LogP contribution in [0, 0.1) is 10.1 Å². The molecule has 11 heteroatoms. The second-order valence-corrected chi connectivity index (χ2v) is 5.91. The number of ether oxygens (including phenoxy) is 1. The van der Waals surface area contributed by atoms with Crippen molar-refractivity contribution < 1.29 is 28.5 Å². The molecule has 3 amide bonds. The van der Waals surface area contributed by atoms with Crippen LogP contribution in [0.4, 0.5) is 10.5 Å². The van der Waals surface area contributed by atoms with Crippen molar-refractivity contribution >= 4 is 35.4 Å². The van der Waals surface area contributed by atoms with Crippen LogP contribution in [0.25, 0.3) is 0 Å². The van der Waals surface area contributed by atoms with E-state index in [0.29, 0.717) is 10.7 Å². The summed E-state index contributed by atoms with van der Waals surface area (Å²) < 4.78 is 9.78. The minimum Gasteiger partial charge on any atom is -0.467 e. The third-order valence-electron chi connectivity index (χ3n) is 3.21. The maximum atomic E-state index is 12.1. The van der Waals surface area contributed by atoms with Crippen LogP contribution >= 0.6 is 11.8 Å². The van der Waals surface area contributed by atoms with E-state index in [4.69, 9.17) is 9.15 Å². The summed E-state index contributed by atoms with van der Waals surface area (Å²) in [4.78, 5) is 46.3. The first-order valence-electron chi connectivity index (χ1n) is 7.50. The van der Waals surface area contributed by atoms with E-state index >= 15 is 0 Å². The topological polar surface area (TPSA) is 141 Å². The van der Waals surface area contributed by atoms with Crippen molar-refractivity contribution in [1.82, 2.24) is 10.6 Å².